The largest absolute Gasteiger partial charge is 0.402 e. The van der Waals surface area contributed by atoms with Crippen LogP contribution in [-0.4, -0.2) is 11.9 Å². The molecule has 2 aromatic rings. The van der Waals surface area contributed by atoms with E-state index in [9.17, 15) is 13.6 Å². The van der Waals surface area contributed by atoms with Gasteiger partial charge >= 0.3 is 5.97 Å². The topological polar surface area (TPSA) is 38.7 Å². The third-order valence-electron chi connectivity index (χ3n) is 3.13. The smallest absolute Gasteiger partial charge is 0.363 e. The first-order valence-electron chi connectivity index (χ1n) is 6.57. The predicted octanol–water partition coefficient (Wildman–Crippen LogP) is 3.62. The number of carbonyl (C=O) groups excluding carboxylic acids is 1. The summed E-state index contributed by atoms with van der Waals surface area (Å²) in [7, 11) is 0. The Labute approximate surface area is 125 Å². The van der Waals surface area contributed by atoms with Crippen molar-refractivity contribution >= 4 is 17.9 Å². The maximum Gasteiger partial charge on any atom is 0.363 e. The summed E-state index contributed by atoms with van der Waals surface area (Å²) in [5, 5.41) is 0. The average Bonchev–Trinajstić information content (AvgIpc) is 2.84. The van der Waals surface area contributed by atoms with Crippen molar-refractivity contribution in [3.8, 4) is 0 Å². The molecular formula is C17H11F2NO2. The summed E-state index contributed by atoms with van der Waals surface area (Å²) in [6, 6.07) is 10.7. The van der Waals surface area contributed by atoms with Gasteiger partial charge in [0, 0.05) is 5.56 Å². The third kappa shape index (κ3) is 2.79. The Morgan fingerprint density at radius 2 is 1.91 bits per heavy atom. The van der Waals surface area contributed by atoms with E-state index < -0.39 is 17.6 Å². The summed E-state index contributed by atoms with van der Waals surface area (Å²) < 4.78 is 31.2. The molecule has 0 N–H and O–H groups in total. The van der Waals surface area contributed by atoms with Crippen LogP contribution in [0.1, 0.15) is 16.7 Å². The Kier molecular flexibility index (Phi) is 3.55. The molecular weight excluding hydrogens is 288 g/mol. The molecule has 3 rings (SSSR count). The van der Waals surface area contributed by atoms with Crippen LogP contribution in [0.15, 0.2) is 53.2 Å². The van der Waals surface area contributed by atoms with Crippen molar-refractivity contribution in [1.82, 2.24) is 0 Å². The number of cyclic esters (lactones) is 1. The number of halogens is 2. The predicted molar refractivity (Wildman–Crippen MR) is 78.1 cm³/mol. The first-order chi connectivity index (χ1) is 10.5. The second kappa shape index (κ2) is 5.52. The van der Waals surface area contributed by atoms with Crippen LogP contribution in [0.4, 0.5) is 8.78 Å². The Bertz CT molecular complexity index is 825. The van der Waals surface area contributed by atoms with E-state index >= 15 is 0 Å². The van der Waals surface area contributed by atoms with E-state index in [4.69, 9.17) is 4.74 Å². The zero-order valence-electron chi connectivity index (χ0n) is 11.6. The first-order valence-corrected chi connectivity index (χ1v) is 6.57. The molecule has 110 valence electrons. The lowest BCUT2D eigenvalue weighted by Gasteiger charge is -1.99. The highest BCUT2D eigenvalue weighted by Crippen LogP contribution is 2.20. The third-order valence-corrected chi connectivity index (χ3v) is 3.13. The normalized spacial score (nSPS) is 15.9. The summed E-state index contributed by atoms with van der Waals surface area (Å²) in [6.45, 7) is 1.92. The summed E-state index contributed by atoms with van der Waals surface area (Å²) in [5.74, 6) is -2.35. The Morgan fingerprint density at radius 1 is 1.09 bits per heavy atom. The van der Waals surface area contributed by atoms with Gasteiger partial charge in [-0.3, -0.25) is 0 Å². The van der Waals surface area contributed by atoms with Crippen LogP contribution in [0.25, 0.3) is 6.08 Å². The van der Waals surface area contributed by atoms with Gasteiger partial charge < -0.3 is 4.74 Å². The second-order valence-electron chi connectivity index (χ2n) is 4.88. The Hall–Kier alpha value is -2.82. The SMILES string of the molecule is Cc1cccc(C2=NC(=Cc3ccc(F)c(F)c3)C(=O)O2)c1. The van der Waals surface area contributed by atoms with E-state index in [1.54, 1.807) is 6.07 Å². The van der Waals surface area contributed by atoms with Crippen molar-refractivity contribution in [1.29, 1.82) is 0 Å². The van der Waals surface area contributed by atoms with Crippen LogP contribution in [0.5, 0.6) is 0 Å². The molecule has 0 atom stereocenters. The number of nitrogens with zero attached hydrogens (tertiary/aromatic N) is 1. The van der Waals surface area contributed by atoms with Gasteiger partial charge in [0.1, 0.15) is 0 Å². The van der Waals surface area contributed by atoms with Crippen LogP contribution >= 0.6 is 0 Å². The molecule has 1 aliphatic rings. The van der Waals surface area contributed by atoms with E-state index in [0.29, 0.717) is 11.1 Å². The van der Waals surface area contributed by atoms with Crippen LogP contribution in [-0.2, 0) is 9.53 Å². The summed E-state index contributed by atoms with van der Waals surface area (Å²) in [5.41, 5.74) is 2.07. The van der Waals surface area contributed by atoms with Gasteiger partial charge in [0.25, 0.3) is 0 Å². The number of carbonyl (C=O) groups is 1. The van der Waals surface area contributed by atoms with E-state index in [0.717, 1.165) is 17.7 Å². The molecule has 0 spiro atoms. The minimum absolute atomic E-state index is 0.0440. The number of esters is 1. The number of rotatable bonds is 2. The number of hydrogen-bond donors (Lipinski definition) is 0. The van der Waals surface area contributed by atoms with Gasteiger partial charge in [-0.25, -0.2) is 18.6 Å². The molecule has 0 bridgehead atoms. The first kappa shape index (κ1) is 14.1. The van der Waals surface area contributed by atoms with E-state index in [2.05, 4.69) is 4.99 Å². The molecule has 22 heavy (non-hydrogen) atoms. The standard InChI is InChI=1S/C17H11F2NO2/c1-10-3-2-4-12(7-10)16-20-15(17(21)22-16)9-11-5-6-13(18)14(19)8-11/h2-9H,1H3. The highest BCUT2D eigenvalue weighted by Gasteiger charge is 2.24. The molecule has 3 nitrogen and oxygen atoms in total. The van der Waals surface area contributed by atoms with Crippen molar-refractivity contribution < 1.29 is 18.3 Å². The Morgan fingerprint density at radius 3 is 2.64 bits per heavy atom. The van der Waals surface area contributed by atoms with Gasteiger partial charge in [-0.1, -0.05) is 23.8 Å². The number of hydrogen-bond acceptors (Lipinski definition) is 3. The van der Waals surface area contributed by atoms with Crippen molar-refractivity contribution in [2.45, 2.75) is 6.92 Å². The molecule has 0 amide bonds. The number of benzene rings is 2. The number of aryl methyl sites for hydroxylation is 1. The molecule has 1 heterocycles. The fourth-order valence-electron chi connectivity index (χ4n) is 2.07. The molecule has 0 unspecified atom stereocenters. The highest BCUT2D eigenvalue weighted by atomic mass is 19.2. The van der Waals surface area contributed by atoms with Crippen LogP contribution in [0, 0.1) is 18.6 Å². The maximum absolute atomic E-state index is 13.2. The number of aliphatic imine (C=N–C) groups is 1. The fraction of sp³-hybridized carbons (Fsp3) is 0.0588. The van der Waals surface area contributed by atoms with Gasteiger partial charge in [0.2, 0.25) is 5.90 Å². The Balaban J connectivity index is 1.95. The quantitative estimate of drug-likeness (QED) is 0.627. The van der Waals surface area contributed by atoms with Gasteiger partial charge in [-0.05, 0) is 42.8 Å². The van der Waals surface area contributed by atoms with Gasteiger partial charge in [0.05, 0.1) is 0 Å². The number of ether oxygens (including phenoxy) is 1. The van der Waals surface area contributed by atoms with Crippen molar-refractivity contribution in [3.63, 3.8) is 0 Å². The molecule has 0 aromatic heterocycles. The summed E-state index contributed by atoms with van der Waals surface area (Å²) in [6.07, 6.45) is 1.35. The highest BCUT2D eigenvalue weighted by molar-refractivity contribution is 6.12. The molecule has 2 aromatic carbocycles. The second-order valence-corrected chi connectivity index (χ2v) is 4.88. The van der Waals surface area contributed by atoms with Crippen LogP contribution < -0.4 is 0 Å². The summed E-state index contributed by atoms with van der Waals surface area (Å²) in [4.78, 5) is 15.9. The molecule has 0 radical (unpaired) electrons. The fourth-order valence-corrected chi connectivity index (χ4v) is 2.07. The van der Waals surface area contributed by atoms with Crippen LogP contribution in [0.2, 0.25) is 0 Å². The van der Waals surface area contributed by atoms with Gasteiger partial charge in [-0.2, -0.15) is 0 Å². The van der Waals surface area contributed by atoms with E-state index in [1.165, 1.54) is 12.1 Å². The van der Waals surface area contributed by atoms with Gasteiger partial charge in [-0.15, -0.1) is 0 Å². The minimum Gasteiger partial charge on any atom is -0.402 e. The zero-order chi connectivity index (χ0) is 15.7. The van der Waals surface area contributed by atoms with Crippen molar-refractivity contribution in [2.75, 3.05) is 0 Å². The lowest BCUT2D eigenvalue weighted by Crippen LogP contribution is -2.05. The molecule has 1 aliphatic heterocycles. The summed E-state index contributed by atoms with van der Waals surface area (Å²) >= 11 is 0. The van der Waals surface area contributed by atoms with Crippen molar-refractivity contribution in [2.24, 2.45) is 4.99 Å². The maximum atomic E-state index is 13.2. The van der Waals surface area contributed by atoms with Crippen molar-refractivity contribution in [3.05, 3.63) is 76.5 Å². The molecule has 0 aliphatic carbocycles. The molecule has 0 fully saturated rings. The molecule has 5 heteroatoms. The van der Waals surface area contributed by atoms with E-state index in [1.807, 2.05) is 25.1 Å². The lowest BCUT2D eigenvalue weighted by molar-refractivity contribution is -0.129. The molecule has 0 saturated carbocycles. The lowest BCUT2D eigenvalue weighted by atomic mass is 10.1. The monoisotopic (exact) mass is 299 g/mol. The van der Waals surface area contributed by atoms with Gasteiger partial charge in [0.15, 0.2) is 17.3 Å². The van der Waals surface area contributed by atoms with E-state index in [-0.39, 0.29) is 11.6 Å². The van der Waals surface area contributed by atoms with Crippen LogP contribution in [0.3, 0.4) is 0 Å². The average molecular weight is 299 g/mol. The minimum atomic E-state index is -0.983. The zero-order valence-corrected chi connectivity index (χ0v) is 11.6. The molecule has 0 saturated heterocycles.